The Morgan fingerprint density at radius 1 is 1.30 bits per heavy atom. The molecule has 27 heavy (non-hydrogen) atoms. The van der Waals surface area contributed by atoms with Crippen LogP contribution in [0.25, 0.3) is 20.7 Å². The van der Waals surface area contributed by atoms with Crippen LogP contribution in [-0.2, 0) is 13.1 Å². The Morgan fingerprint density at radius 2 is 2.19 bits per heavy atom. The molecule has 1 unspecified atom stereocenters. The van der Waals surface area contributed by atoms with E-state index in [1.807, 2.05) is 0 Å². The molecule has 4 aromatic rings. The minimum atomic E-state index is -0.0367. The number of nitrogens with zero attached hydrogens (tertiary/aromatic N) is 3. The maximum atomic E-state index is 12.8. The van der Waals surface area contributed by atoms with Gasteiger partial charge in [-0.05, 0) is 38.1 Å². The van der Waals surface area contributed by atoms with Gasteiger partial charge < -0.3 is 9.55 Å². The Labute approximate surface area is 164 Å². The first-order valence-corrected chi connectivity index (χ1v) is 10.8. The molecule has 0 aliphatic carbocycles. The summed E-state index contributed by atoms with van der Waals surface area (Å²) in [6, 6.07) is 8.75. The van der Waals surface area contributed by atoms with Crippen LogP contribution < -0.4 is 5.56 Å². The molecular weight excluding hydrogens is 376 g/mol. The van der Waals surface area contributed by atoms with Crippen molar-refractivity contribution in [3.8, 4) is 10.4 Å². The molecule has 7 heteroatoms. The van der Waals surface area contributed by atoms with Crippen molar-refractivity contribution >= 4 is 32.9 Å². The lowest BCUT2D eigenvalue weighted by atomic mass is 10.1. The summed E-state index contributed by atoms with van der Waals surface area (Å²) >= 11 is 3.26. The second-order valence-electron chi connectivity index (χ2n) is 7.03. The molecule has 4 aromatic heterocycles. The van der Waals surface area contributed by atoms with Crippen LogP contribution in [0.2, 0.25) is 0 Å². The molecule has 5 heterocycles. The molecule has 5 rings (SSSR count). The highest BCUT2D eigenvalue weighted by Crippen LogP contribution is 2.35. The molecule has 0 spiro atoms. The van der Waals surface area contributed by atoms with Gasteiger partial charge in [-0.1, -0.05) is 0 Å². The Morgan fingerprint density at radius 3 is 3.00 bits per heavy atom. The van der Waals surface area contributed by atoms with Crippen molar-refractivity contribution in [1.29, 1.82) is 0 Å². The minimum Gasteiger partial charge on any atom is -0.349 e. The fraction of sp³-hybridized carbons (Fsp3) is 0.300. The molecule has 138 valence electrons. The number of nitrogens with one attached hydrogen (secondary N) is 1. The first-order chi connectivity index (χ1) is 13.1. The topological polar surface area (TPSA) is 53.9 Å². The number of thiophene rings is 2. The summed E-state index contributed by atoms with van der Waals surface area (Å²) in [7, 11) is 0. The summed E-state index contributed by atoms with van der Waals surface area (Å²) < 4.78 is 2.30. The highest BCUT2D eigenvalue weighted by molar-refractivity contribution is 7.19. The second kappa shape index (κ2) is 6.44. The SMILES string of the molecule is Cc1ccc(-c2csc3nc(CN4CCn5cccc5C4C)[nH]c(=O)c23)s1. The summed E-state index contributed by atoms with van der Waals surface area (Å²) in [5, 5.41) is 2.77. The third-order valence-corrected chi connectivity index (χ3v) is 7.23. The largest absolute Gasteiger partial charge is 0.349 e. The Hall–Kier alpha value is -2.22. The summed E-state index contributed by atoms with van der Waals surface area (Å²) in [5.74, 6) is 0.745. The maximum absolute atomic E-state index is 12.8. The maximum Gasteiger partial charge on any atom is 0.260 e. The lowest BCUT2D eigenvalue weighted by Gasteiger charge is -2.34. The van der Waals surface area contributed by atoms with Crippen LogP contribution in [0.4, 0.5) is 0 Å². The summed E-state index contributed by atoms with van der Waals surface area (Å²) in [5.41, 5.74) is 2.28. The number of H-pyrrole nitrogens is 1. The minimum absolute atomic E-state index is 0.0367. The van der Waals surface area contributed by atoms with E-state index < -0.39 is 0 Å². The van der Waals surface area contributed by atoms with Crippen molar-refractivity contribution in [1.82, 2.24) is 19.4 Å². The van der Waals surface area contributed by atoms with Gasteiger partial charge in [0.1, 0.15) is 10.7 Å². The smallest absolute Gasteiger partial charge is 0.260 e. The fourth-order valence-electron chi connectivity index (χ4n) is 3.86. The molecule has 0 saturated heterocycles. The monoisotopic (exact) mass is 396 g/mol. The van der Waals surface area contributed by atoms with Crippen LogP contribution in [0.15, 0.2) is 40.6 Å². The summed E-state index contributed by atoms with van der Waals surface area (Å²) in [6.45, 7) is 6.88. The van der Waals surface area contributed by atoms with Crippen LogP contribution in [0, 0.1) is 6.92 Å². The van der Waals surface area contributed by atoms with Gasteiger partial charge in [0.05, 0.1) is 11.9 Å². The van der Waals surface area contributed by atoms with Gasteiger partial charge in [0.25, 0.3) is 5.56 Å². The predicted molar refractivity (Wildman–Crippen MR) is 112 cm³/mol. The summed E-state index contributed by atoms with van der Waals surface area (Å²) in [6.07, 6.45) is 2.13. The van der Waals surface area contributed by atoms with Crippen LogP contribution in [0.5, 0.6) is 0 Å². The molecule has 1 aliphatic rings. The number of aromatic amines is 1. The van der Waals surface area contributed by atoms with Gasteiger partial charge in [-0.25, -0.2) is 4.98 Å². The Balaban J connectivity index is 1.48. The van der Waals surface area contributed by atoms with Crippen LogP contribution in [0.1, 0.15) is 29.4 Å². The standard InChI is InChI=1S/C20H20N4OS2/c1-12-5-6-16(27-12)14-11-26-20-18(14)19(25)21-17(22-20)10-24-9-8-23-7-3-4-15(23)13(24)2/h3-7,11,13H,8-10H2,1-2H3,(H,21,22,25). The fourth-order valence-corrected chi connectivity index (χ4v) is 5.79. The van der Waals surface area contributed by atoms with Crippen LogP contribution in [0.3, 0.4) is 0 Å². The number of hydrogen-bond donors (Lipinski definition) is 1. The van der Waals surface area contributed by atoms with E-state index in [2.05, 4.69) is 64.1 Å². The van der Waals surface area contributed by atoms with Crippen molar-refractivity contribution in [2.24, 2.45) is 0 Å². The molecule has 1 N–H and O–H groups in total. The highest BCUT2D eigenvalue weighted by Gasteiger charge is 2.24. The van der Waals surface area contributed by atoms with Crippen molar-refractivity contribution in [2.45, 2.75) is 33.0 Å². The number of fused-ring (bicyclic) bond motifs is 2. The van der Waals surface area contributed by atoms with Gasteiger partial charge in [-0.2, -0.15) is 0 Å². The van der Waals surface area contributed by atoms with Crippen molar-refractivity contribution < 1.29 is 0 Å². The average Bonchev–Trinajstić information content (AvgIpc) is 3.36. The highest BCUT2D eigenvalue weighted by atomic mass is 32.1. The van der Waals surface area contributed by atoms with E-state index in [1.165, 1.54) is 10.6 Å². The van der Waals surface area contributed by atoms with Crippen LogP contribution in [-0.4, -0.2) is 26.0 Å². The van der Waals surface area contributed by atoms with Crippen LogP contribution >= 0.6 is 22.7 Å². The van der Waals surface area contributed by atoms with Gasteiger partial charge in [-0.3, -0.25) is 9.69 Å². The number of aryl methyl sites for hydroxylation is 1. The number of rotatable bonds is 3. The van der Waals surface area contributed by atoms with Gasteiger partial charge >= 0.3 is 0 Å². The van der Waals surface area contributed by atoms with Crippen molar-refractivity contribution in [3.63, 3.8) is 0 Å². The molecule has 0 saturated carbocycles. The van der Waals surface area contributed by atoms with E-state index in [0.717, 1.165) is 34.2 Å². The molecule has 0 amide bonds. The second-order valence-corrected chi connectivity index (χ2v) is 9.17. The normalized spacial score (nSPS) is 17.5. The Kier molecular flexibility index (Phi) is 4.03. The molecular formula is C20H20N4OS2. The van der Waals surface area contributed by atoms with E-state index >= 15 is 0 Å². The van der Waals surface area contributed by atoms with E-state index in [0.29, 0.717) is 18.0 Å². The molecule has 5 nitrogen and oxygen atoms in total. The quantitative estimate of drug-likeness (QED) is 0.558. The molecule has 0 bridgehead atoms. The van der Waals surface area contributed by atoms with Crippen molar-refractivity contribution in [3.05, 3.63) is 62.6 Å². The zero-order valence-electron chi connectivity index (χ0n) is 15.2. The first kappa shape index (κ1) is 16.9. The van der Waals surface area contributed by atoms with Crippen molar-refractivity contribution in [2.75, 3.05) is 6.54 Å². The third kappa shape index (κ3) is 2.86. The zero-order chi connectivity index (χ0) is 18.5. The average molecular weight is 397 g/mol. The number of aromatic nitrogens is 3. The van der Waals surface area contributed by atoms with Gasteiger partial charge in [0.15, 0.2) is 0 Å². The van der Waals surface area contributed by atoms with Gasteiger partial charge in [0, 0.05) is 51.7 Å². The lowest BCUT2D eigenvalue weighted by Crippen LogP contribution is -2.36. The van der Waals surface area contributed by atoms with E-state index in [-0.39, 0.29) is 5.56 Å². The van der Waals surface area contributed by atoms with E-state index in [4.69, 9.17) is 4.98 Å². The zero-order valence-corrected chi connectivity index (χ0v) is 16.9. The number of hydrogen-bond acceptors (Lipinski definition) is 5. The molecule has 0 radical (unpaired) electrons. The van der Waals surface area contributed by atoms with E-state index in [1.54, 1.807) is 22.7 Å². The Bertz CT molecular complexity index is 1180. The molecule has 1 aliphatic heterocycles. The predicted octanol–water partition coefficient (Wildman–Crippen LogP) is 4.40. The lowest BCUT2D eigenvalue weighted by molar-refractivity contribution is 0.157. The van der Waals surface area contributed by atoms with E-state index in [9.17, 15) is 4.79 Å². The molecule has 1 atom stereocenters. The van der Waals surface area contributed by atoms with Gasteiger partial charge in [-0.15, -0.1) is 22.7 Å². The molecule has 0 aromatic carbocycles. The molecule has 0 fully saturated rings. The first-order valence-electron chi connectivity index (χ1n) is 9.06. The van der Waals surface area contributed by atoms with Gasteiger partial charge in [0.2, 0.25) is 0 Å². The third-order valence-electron chi connectivity index (χ3n) is 5.32. The summed E-state index contributed by atoms with van der Waals surface area (Å²) in [4.78, 5) is 26.2.